The Hall–Kier alpha value is -0.710. The number of phenolic OH excluding ortho intramolecular Hbond substituents is 1. The van der Waals surface area contributed by atoms with Gasteiger partial charge < -0.3 is 15.3 Å². The van der Waals surface area contributed by atoms with Crippen molar-refractivity contribution in [2.75, 3.05) is 5.75 Å². The van der Waals surface area contributed by atoms with Crippen LogP contribution in [0.15, 0.2) is 29.2 Å². The molecule has 1 rings (SSSR count). The van der Waals surface area contributed by atoms with Crippen molar-refractivity contribution < 1.29 is 15.3 Å². The fourth-order valence-corrected chi connectivity index (χ4v) is 2.41. The Kier molecular flexibility index (Phi) is 6.40. The number of thioether (sulfide) groups is 1. The summed E-state index contributed by atoms with van der Waals surface area (Å²) in [6.07, 6.45) is 0.968. The van der Waals surface area contributed by atoms with Crippen LogP contribution < -0.4 is 0 Å². The smallest absolute Gasteiger partial charge is 0.115 e. The molecule has 0 aliphatic carbocycles. The number of aromatic hydroxyl groups is 1. The van der Waals surface area contributed by atoms with Crippen molar-refractivity contribution in [2.24, 2.45) is 0 Å². The van der Waals surface area contributed by atoms with E-state index in [2.05, 4.69) is 0 Å². The van der Waals surface area contributed by atoms with Crippen molar-refractivity contribution >= 4 is 11.8 Å². The average Bonchev–Trinajstić information content (AvgIpc) is 2.31. The summed E-state index contributed by atoms with van der Waals surface area (Å²) >= 11 is 1.64. The van der Waals surface area contributed by atoms with Crippen LogP contribution in [0.4, 0.5) is 0 Å². The zero-order chi connectivity index (χ0) is 12.7. The molecule has 1 aromatic carbocycles. The lowest BCUT2D eigenvalue weighted by Gasteiger charge is -2.13. The van der Waals surface area contributed by atoms with Crippen LogP contribution in [0.5, 0.6) is 5.75 Å². The number of aliphatic hydroxyl groups excluding tert-OH is 2. The molecule has 0 radical (unpaired) electrons. The Labute approximate surface area is 106 Å². The number of benzene rings is 1. The van der Waals surface area contributed by atoms with Gasteiger partial charge in [-0.15, -0.1) is 11.8 Å². The van der Waals surface area contributed by atoms with Gasteiger partial charge >= 0.3 is 0 Å². The minimum absolute atomic E-state index is 0.264. The third-order valence-corrected chi connectivity index (χ3v) is 3.62. The minimum atomic E-state index is -0.436. The Morgan fingerprint density at radius 1 is 1.12 bits per heavy atom. The van der Waals surface area contributed by atoms with E-state index in [1.807, 2.05) is 19.1 Å². The van der Waals surface area contributed by atoms with Gasteiger partial charge in [0.05, 0.1) is 12.2 Å². The van der Waals surface area contributed by atoms with E-state index < -0.39 is 12.2 Å². The largest absolute Gasteiger partial charge is 0.508 e. The molecule has 0 saturated carbocycles. The number of hydrogen-bond acceptors (Lipinski definition) is 4. The first-order valence-electron chi connectivity index (χ1n) is 5.89. The first kappa shape index (κ1) is 14.4. The molecule has 17 heavy (non-hydrogen) atoms. The Bertz CT molecular complexity index is 313. The van der Waals surface area contributed by atoms with Gasteiger partial charge in [0.1, 0.15) is 5.75 Å². The predicted octanol–water partition coefficient (Wildman–Crippen LogP) is 2.40. The molecule has 2 atom stereocenters. The minimum Gasteiger partial charge on any atom is -0.508 e. The summed E-state index contributed by atoms with van der Waals surface area (Å²) in [6.45, 7) is 1.91. The number of aliphatic hydroxyl groups is 2. The molecule has 0 fully saturated rings. The Balaban J connectivity index is 2.21. The topological polar surface area (TPSA) is 60.7 Å². The molecule has 1 aromatic rings. The molecule has 0 aliphatic rings. The summed E-state index contributed by atoms with van der Waals surface area (Å²) in [5.74, 6) is 1.07. The fourth-order valence-electron chi connectivity index (χ4n) is 1.45. The molecule has 0 heterocycles. The van der Waals surface area contributed by atoms with Gasteiger partial charge in [-0.25, -0.2) is 0 Å². The number of hydrogen-bond donors (Lipinski definition) is 3. The lowest BCUT2D eigenvalue weighted by Crippen LogP contribution is -2.17. The highest BCUT2D eigenvalue weighted by atomic mass is 32.2. The SMILES string of the molecule is CCC(O)CC(O)CCSc1ccc(O)cc1. The van der Waals surface area contributed by atoms with Gasteiger partial charge in [0, 0.05) is 10.6 Å². The molecule has 0 aromatic heterocycles. The van der Waals surface area contributed by atoms with E-state index in [-0.39, 0.29) is 5.75 Å². The number of rotatable bonds is 7. The molecule has 96 valence electrons. The van der Waals surface area contributed by atoms with E-state index in [1.165, 1.54) is 0 Å². The maximum Gasteiger partial charge on any atom is 0.115 e. The van der Waals surface area contributed by atoms with Gasteiger partial charge in [0.15, 0.2) is 0 Å². The molecule has 0 spiro atoms. The van der Waals surface area contributed by atoms with Crippen LogP contribution in [0, 0.1) is 0 Å². The quantitative estimate of drug-likeness (QED) is 0.656. The highest BCUT2D eigenvalue weighted by Crippen LogP contribution is 2.22. The van der Waals surface area contributed by atoms with Crippen molar-refractivity contribution in [3.05, 3.63) is 24.3 Å². The van der Waals surface area contributed by atoms with Crippen LogP contribution in [-0.2, 0) is 0 Å². The van der Waals surface area contributed by atoms with Crippen LogP contribution in [-0.4, -0.2) is 33.3 Å². The van der Waals surface area contributed by atoms with Crippen molar-refractivity contribution in [3.63, 3.8) is 0 Å². The molecule has 0 amide bonds. The molecule has 0 aliphatic heterocycles. The van der Waals surface area contributed by atoms with Crippen molar-refractivity contribution in [1.29, 1.82) is 0 Å². The van der Waals surface area contributed by atoms with Crippen LogP contribution in [0.25, 0.3) is 0 Å². The lowest BCUT2D eigenvalue weighted by molar-refractivity contribution is 0.0771. The molecular weight excluding hydrogens is 236 g/mol. The van der Waals surface area contributed by atoms with Crippen molar-refractivity contribution in [1.82, 2.24) is 0 Å². The Morgan fingerprint density at radius 3 is 2.35 bits per heavy atom. The van der Waals surface area contributed by atoms with E-state index in [1.54, 1.807) is 23.9 Å². The summed E-state index contributed by atoms with van der Waals surface area (Å²) in [6, 6.07) is 7.01. The van der Waals surface area contributed by atoms with E-state index in [0.717, 1.165) is 10.6 Å². The highest BCUT2D eigenvalue weighted by Gasteiger charge is 2.10. The summed E-state index contributed by atoms with van der Waals surface area (Å²) in [5, 5.41) is 28.2. The Morgan fingerprint density at radius 2 is 1.76 bits per heavy atom. The second-order valence-corrected chi connectivity index (χ2v) is 5.25. The van der Waals surface area contributed by atoms with Gasteiger partial charge in [-0.1, -0.05) is 6.92 Å². The zero-order valence-corrected chi connectivity index (χ0v) is 10.9. The maximum absolute atomic E-state index is 9.66. The first-order chi connectivity index (χ1) is 8.11. The predicted molar refractivity (Wildman–Crippen MR) is 70.4 cm³/mol. The summed E-state index contributed by atoms with van der Waals surface area (Å²) in [4.78, 5) is 1.08. The van der Waals surface area contributed by atoms with E-state index in [4.69, 9.17) is 5.11 Å². The summed E-state index contributed by atoms with van der Waals surface area (Å²) in [7, 11) is 0. The normalized spacial score (nSPS) is 14.5. The van der Waals surface area contributed by atoms with Crippen molar-refractivity contribution in [3.8, 4) is 5.75 Å². The fraction of sp³-hybridized carbons (Fsp3) is 0.538. The summed E-state index contributed by atoms with van der Waals surface area (Å²) < 4.78 is 0. The van der Waals surface area contributed by atoms with Crippen LogP contribution in [0.3, 0.4) is 0 Å². The molecule has 2 unspecified atom stereocenters. The maximum atomic E-state index is 9.66. The summed E-state index contributed by atoms with van der Waals surface area (Å²) in [5.41, 5.74) is 0. The van der Waals surface area contributed by atoms with Gasteiger partial charge in [-0.2, -0.15) is 0 Å². The van der Waals surface area contributed by atoms with Crippen LogP contribution in [0.1, 0.15) is 26.2 Å². The second-order valence-electron chi connectivity index (χ2n) is 4.08. The molecule has 4 heteroatoms. The van der Waals surface area contributed by atoms with E-state index >= 15 is 0 Å². The average molecular weight is 256 g/mol. The standard InChI is InChI=1S/C13H20O3S/c1-2-10(14)9-12(16)7-8-17-13-5-3-11(15)4-6-13/h3-6,10,12,14-16H,2,7-9H2,1H3. The monoisotopic (exact) mass is 256 g/mol. The highest BCUT2D eigenvalue weighted by molar-refractivity contribution is 7.99. The van der Waals surface area contributed by atoms with E-state index in [9.17, 15) is 10.2 Å². The van der Waals surface area contributed by atoms with Crippen molar-refractivity contribution in [2.45, 2.75) is 43.3 Å². The van der Waals surface area contributed by atoms with Crippen LogP contribution in [0.2, 0.25) is 0 Å². The van der Waals surface area contributed by atoms with Gasteiger partial charge in [-0.3, -0.25) is 0 Å². The number of phenols is 1. The van der Waals surface area contributed by atoms with Gasteiger partial charge in [0.2, 0.25) is 0 Å². The molecule has 0 saturated heterocycles. The molecule has 3 N–H and O–H groups in total. The molecule has 3 nitrogen and oxygen atoms in total. The third kappa shape index (κ3) is 5.96. The van der Waals surface area contributed by atoms with E-state index in [0.29, 0.717) is 19.3 Å². The van der Waals surface area contributed by atoms with Gasteiger partial charge in [0.25, 0.3) is 0 Å². The molecule has 0 bridgehead atoms. The first-order valence-corrected chi connectivity index (χ1v) is 6.88. The second kappa shape index (κ2) is 7.58. The third-order valence-electron chi connectivity index (χ3n) is 2.57. The van der Waals surface area contributed by atoms with Gasteiger partial charge in [-0.05, 0) is 43.5 Å². The van der Waals surface area contributed by atoms with Crippen LogP contribution >= 0.6 is 11.8 Å². The molecular formula is C13H20O3S. The lowest BCUT2D eigenvalue weighted by atomic mass is 10.1. The zero-order valence-electron chi connectivity index (χ0n) is 10.0.